The number of benzene rings is 2. The largest absolute Gasteiger partial charge is 0.504 e. The van der Waals surface area contributed by atoms with Gasteiger partial charge in [0.1, 0.15) is 0 Å². The summed E-state index contributed by atoms with van der Waals surface area (Å²) in [6.45, 7) is 2.70. The molecule has 0 aliphatic heterocycles. The van der Waals surface area contributed by atoms with Crippen molar-refractivity contribution in [2.45, 2.75) is 19.3 Å². The Bertz CT molecular complexity index is 1090. The van der Waals surface area contributed by atoms with E-state index in [1.54, 1.807) is 36.4 Å². The maximum absolute atomic E-state index is 12.0. The van der Waals surface area contributed by atoms with E-state index < -0.39 is 0 Å². The van der Waals surface area contributed by atoms with Gasteiger partial charge in [0, 0.05) is 25.2 Å². The molecule has 5 N–H and O–H groups in total. The van der Waals surface area contributed by atoms with Crippen LogP contribution in [0.5, 0.6) is 28.7 Å². The van der Waals surface area contributed by atoms with E-state index in [0.717, 1.165) is 37.9 Å². The average molecular weight is 528 g/mol. The van der Waals surface area contributed by atoms with Crippen LogP contribution in [0.15, 0.2) is 42.5 Å². The van der Waals surface area contributed by atoms with E-state index in [2.05, 4.69) is 16.0 Å². The van der Waals surface area contributed by atoms with Crippen molar-refractivity contribution in [3.05, 3.63) is 53.6 Å². The van der Waals surface area contributed by atoms with Gasteiger partial charge in [-0.05, 0) is 79.9 Å². The van der Waals surface area contributed by atoms with Gasteiger partial charge in [0.2, 0.25) is 17.6 Å². The molecule has 10 nitrogen and oxygen atoms in total. The lowest BCUT2D eigenvalue weighted by Crippen LogP contribution is -2.27. The van der Waals surface area contributed by atoms with Crippen molar-refractivity contribution in [3.8, 4) is 28.7 Å². The molecular weight excluding hydrogens is 490 g/mol. The van der Waals surface area contributed by atoms with Crippen LogP contribution in [0, 0.1) is 0 Å². The molecule has 0 saturated carbocycles. The number of unbranched alkanes of at least 4 members (excludes halogenated alkanes) is 1. The highest BCUT2D eigenvalue weighted by Crippen LogP contribution is 2.37. The number of phenols is 2. The molecule has 0 spiro atoms. The summed E-state index contributed by atoms with van der Waals surface area (Å²) in [7, 11) is 4.36. The Labute approximate surface area is 223 Å². The van der Waals surface area contributed by atoms with Gasteiger partial charge in [-0.2, -0.15) is 0 Å². The van der Waals surface area contributed by atoms with Crippen LogP contribution in [-0.4, -0.2) is 69.5 Å². The van der Waals surface area contributed by atoms with Crippen molar-refractivity contribution >= 4 is 24.0 Å². The molecule has 2 aromatic rings. The predicted molar refractivity (Wildman–Crippen MR) is 147 cm³/mol. The van der Waals surface area contributed by atoms with Crippen LogP contribution in [0.3, 0.4) is 0 Å². The van der Waals surface area contributed by atoms with Crippen molar-refractivity contribution in [1.82, 2.24) is 16.0 Å². The summed E-state index contributed by atoms with van der Waals surface area (Å²) in [6.07, 6.45) is 8.68. The summed E-state index contributed by atoms with van der Waals surface area (Å²) in [6, 6.07) is 8.09. The lowest BCUT2D eigenvalue weighted by Gasteiger charge is -2.09. The number of carbonyl (C=O) groups excluding carboxylic acids is 2. The van der Waals surface area contributed by atoms with E-state index in [0.29, 0.717) is 24.4 Å². The number of hydrogen-bond donors (Lipinski definition) is 5. The topological polar surface area (TPSA) is 138 Å². The number of methoxy groups -OCH3 is 3. The number of phenolic OH excluding ortho intramolecular Hbond substituents is 2. The fourth-order valence-electron chi connectivity index (χ4n) is 3.41. The predicted octanol–water partition coefficient (Wildman–Crippen LogP) is 2.84. The summed E-state index contributed by atoms with van der Waals surface area (Å²) < 4.78 is 15.3. The van der Waals surface area contributed by atoms with Crippen molar-refractivity contribution in [3.63, 3.8) is 0 Å². The van der Waals surface area contributed by atoms with Gasteiger partial charge in [0.25, 0.3) is 0 Å². The second-order valence-electron chi connectivity index (χ2n) is 8.26. The number of carbonyl (C=O) groups is 2. The van der Waals surface area contributed by atoms with Crippen LogP contribution in [0.25, 0.3) is 12.2 Å². The molecule has 0 atom stereocenters. The summed E-state index contributed by atoms with van der Waals surface area (Å²) in [5.74, 6) is 0.450. The SMILES string of the molecule is COc1cc(C=CC(=O)NCCCNCCCCNC(=O)C=Cc2cc(OC)c(O)c(OC)c2)ccc1O. The van der Waals surface area contributed by atoms with Gasteiger partial charge < -0.3 is 40.4 Å². The monoisotopic (exact) mass is 527 g/mol. The average Bonchev–Trinajstić information content (AvgIpc) is 2.92. The summed E-state index contributed by atoms with van der Waals surface area (Å²) in [5, 5.41) is 28.5. The first kappa shape index (κ1) is 30.0. The number of ether oxygens (including phenoxy) is 3. The van der Waals surface area contributed by atoms with Crippen LogP contribution in [-0.2, 0) is 9.59 Å². The first-order chi connectivity index (χ1) is 18.4. The quantitative estimate of drug-likeness (QED) is 0.166. The summed E-state index contributed by atoms with van der Waals surface area (Å²) in [4.78, 5) is 24.0. The molecule has 2 aromatic carbocycles. The maximum atomic E-state index is 12.0. The minimum atomic E-state index is -0.210. The Kier molecular flexibility index (Phi) is 13.1. The molecule has 0 aliphatic rings. The van der Waals surface area contributed by atoms with Crippen LogP contribution >= 0.6 is 0 Å². The number of aromatic hydroxyl groups is 2. The molecule has 0 heterocycles. The van der Waals surface area contributed by atoms with Gasteiger partial charge in [-0.3, -0.25) is 9.59 Å². The molecule has 0 aliphatic carbocycles. The molecule has 2 rings (SSSR count). The minimum Gasteiger partial charge on any atom is -0.504 e. The third kappa shape index (κ3) is 10.4. The molecule has 38 heavy (non-hydrogen) atoms. The fourth-order valence-corrected chi connectivity index (χ4v) is 3.41. The highest BCUT2D eigenvalue weighted by Gasteiger charge is 2.10. The zero-order valence-corrected chi connectivity index (χ0v) is 22.1. The molecule has 0 radical (unpaired) electrons. The fraction of sp³-hybridized carbons (Fsp3) is 0.357. The Morgan fingerprint density at radius 3 is 1.82 bits per heavy atom. The molecule has 10 heteroatoms. The smallest absolute Gasteiger partial charge is 0.243 e. The Hall–Kier alpha value is -4.18. The number of hydrogen-bond acceptors (Lipinski definition) is 8. The van der Waals surface area contributed by atoms with E-state index in [4.69, 9.17) is 14.2 Å². The van der Waals surface area contributed by atoms with Gasteiger partial charge >= 0.3 is 0 Å². The molecule has 0 fully saturated rings. The van der Waals surface area contributed by atoms with Gasteiger partial charge in [0.15, 0.2) is 23.0 Å². The van der Waals surface area contributed by atoms with Crippen molar-refractivity contribution < 1.29 is 34.0 Å². The van der Waals surface area contributed by atoms with E-state index in [1.807, 2.05) is 0 Å². The molecule has 0 bridgehead atoms. The van der Waals surface area contributed by atoms with Crippen molar-refractivity contribution in [2.75, 3.05) is 47.5 Å². The van der Waals surface area contributed by atoms with E-state index in [1.165, 1.54) is 39.5 Å². The Morgan fingerprint density at radius 2 is 1.21 bits per heavy atom. The van der Waals surface area contributed by atoms with Gasteiger partial charge in [-0.15, -0.1) is 0 Å². The first-order valence-corrected chi connectivity index (χ1v) is 12.3. The number of nitrogens with one attached hydrogen (secondary N) is 3. The second kappa shape index (κ2) is 16.5. The second-order valence-corrected chi connectivity index (χ2v) is 8.26. The number of rotatable bonds is 16. The molecule has 206 valence electrons. The van der Waals surface area contributed by atoms with Gasteiger partial charge in [-0.25, -0.2) is 0 Å². The van der Waals surface area contributed by atoms with Crippen LogP contribution in [0.2, 0.25) is 0 Å². The highest BCUT2D eigenvalue weighted by atomic mass is 16.5. The first-order valence-electron chi connectivity index (χ1n) is 12.3. The lowest BCUT2D eigenvalue weighted by molar-refractivity contribution is -0.117. The summed E-state index contributed by atoms with van der Waals surface area (Å²) >= 11 is 0. The standard InChI is InChI=1S/C28H37N3O7/c1-36-23-17-20(7-10-22(23)32)8-11-26(33)31-16-6-14-29-13-4-5-15-30-27(34)12-9-21-18-24(37-2)28(35)25(19-21)38-3/h7-12,17-19,29,32,35H,4-6,13-16H2,1-3H3,(H,30,34)(H,31,33). The van der Waals surface area contributed by atoms with Gasteiger partial charge in [0.05, 0.1) is 21.3 Å². The van der Waals surface area contributed by atoms with E-state index >= 15 is 0 Å². The van der Waals surface area contributed by atoms with E-state index in [9.17, 15) is 19.8 Å². The molecular formula is C28H37N3O7. The maximum Gasteiger partial charge on any atom is 0.243 e. The van der Waals surface area contributed by atoms with Crippen molar-refractivity contribution in [2.24, 2.45) is 0 Å². The molecule has 0 aromatic heterocycles. The molecule has 0 unspecified atom stereocenters. The van der Waals surface area contributed by atoms with Gasteiger partial charge in [-0.1, -0.05) is 6.07 Å². The summed E-state index contributed by atoms with van der Waals surface area (Å²) in [5.41, 5.74) is 1.42. The Morgan fingerprint density at radius 1 is 0.711 bits per heavy atom. The van der Waals surface area contributed by atoms with E-state index in [-0.39, 0.29) is 34.8 Å². The third-order valence-electron chi connectivity index (χ3n) is 5.47. The van der Waals surface area contributed by atoms with Crippen LogP contribution in [0.1, 0.15) is 30.4 Å². The van der Waals surface area contributed by atoms with Crippen LogP contribution < -0.4 is 30.2 Å². The molecule has 0 saturated heterocycles. The zero-order chi connectivity index (χ0) is 27.8. The minimum absolute atomic E-state index is 0.0498. The number of amides is 2. The normalized spacial score (nSPS) is 11.0. The lowest BCUT2D eigenvalue weighted by atomic mass is 10.1. The Balaban J connectivity index is 1.53. The van der Waals surface area contributed by atoms with Crippen molar-refractivity contribution in [1.29, 1.82) is 0 Å². The van der Waals surface area contributed by atoms with Crippen LogP contribution in [0.4, 0.5) is 0 Å². The highest BCUT2D eigenvalue weighted by molar-refractivity contribution is 5.92. The molecule has 2 amide bonds. The zero-order valence-electron chi connectivity index (χ0n) is 22.1. The third-order valence-corrected chi connectivity index (χ3v) is 5.47.